The number of ether oxygens (including phenoxy) is 1. The van der Waals surface area contributed by atoms with Crippen LogP contribution in [0.15, 0.2) is 66.7 Å². The zero-order valence-corrected chi connectivity index (χ0v) is 15.0. The first-order chi connectivity index (χ1) is 13.5. The van der Waals surface area contributed by atoms with Crippen LogP contribution in [0.5, 0.6) is 17.2 Å². The maximum Gasteiger partial charge on any atom is 0.379 e. The smallest absolute Gasteiger partial charge is 0.379 e. The van der Waals surface area contributed by atoms with Gasteiger partial charge in [-0.1, -0.05) is 30.3 Å². The van der Waals surface area contributed by atoms with E-state index in [0.717, 1.165) is 0 Å². The van der Waals surface area contributed by atoms with Crippen molar-refractivity contribution in [3.05, 3.63) is 67.3 Å². The number of aliphatic carboxylic acids is 1. The predicted molar refractivity (Wildman–Crippen MR) is 102 cm³/mol. The van der Waals surface area contributed by atoms with E-state index >= 15 is 0 Å². The SMILES string of the molecule is C=C.O=C(Oc1ccccc1O)C1=NCCN1C(C(=O)O)c1ccccc1O. The number of carboxylic acids is 1. The van der Waals surface area contributed by atoms with Crippen molar-refractivity contribution in [2.75, 3.05) is 13.1 Å². The zero-order chi connectivity index (χ0) is 20.7. The molecule has 0 aliphatic carbocycles. The number of hydrogen-bond acceptors (Lipinski definition) is 7. The Labute approximate surface area is 161 Å². The van der Waals surface area contributed by atoms with Gasteiger partial charge in [-0.25, -0.2) is 9.59 Å². The summed E-state index contributed by atoms with van der Waals surface area (Å²) in [6, 6.07) is 10.6. The van der Waals surface area contributed by atoms with Crippen molar-refractivity contribution in [2.24, 2.45) is 4.99 Å². The van der Waals surface area contributed by atoms with Crippen LogP contribution in [0.2, 0.25) is 0 Å². The number of carbonyl (C=O) groups is 2. The Balaban J connectivity index is 0.00000136. The molecular weight excluding hydrogens is 364 g/mol. The first-order valence-corrected chi connectivity index (χ1v) is 8.31. The minimum atomic E-state index is -1.30. The topological polar surface area (TPSA) is 120 Å². The number of phenols is 2. The summed E-state index contributed by atoms with van der Waals surface area (Å²) >= 11 is 0. The monoisotopic (exact) mass is 384 g/mol. The van der Waals surface area contributed by atoms with Gasteiger partial charge in [-0.05, 0) is 18.2 Å². The van der Waals surface area contributed by atoms with E-state index < -0.39 is 18.0 Å². The molecule has 1 aliphatic rings. The van der Waals surface area contributed by atoms with Crippen molar-refractivity contribution >= 4 is 17.8 Å². The molecule has 2 aromatic carbocycles. The molecule has 1 aliphatic heterocycles. The van der Waals surface area contributed by atoms with E-state index in [1.54, 1.807) is 24.3 Å². The molecule has 0 spiro atoms. The molecule has 0 aromatic heterocycles. The van der Waals surface area contributed by atoms with Crippen LogP contribution in [0.3, 0.4) is 0 Å². The second-order valence-electron chi connectivity index (χ2n) is 5.56. The molecule has 8 nitrogen and oxygen atoms in total. The summed E-state index contributed by atoms with van der Waals surface area (Å²) in [5.74, 6) is -2.77. The summed E-state index contributed by atoms with van der Waals surface area (Å²) in [4.78, 5) is 29.6. The lowest BCUT2D eigenvalue weighted by Gasteiger charge is -2.27. The minimum Gasteiger partial charge on any atom is -0.508 e. The molecule has 28 heavy (non-hydrogen) atoms. The van der Waals surface area contributed by atoms with Gasteiger partial charge < -0.3 is 25.0 Å². The summed E-state index contributed by atoms with van der Waals surface area (Å²) < 4.78 is 5.14. The van der Waals surface area contributed by atoms with Crippen molar-refractivity contribution in [3.8, 4) is 17.2 Å². The number of carboxylic acid groups (broad SMARTS) is 1. The van der Waals surface area contributed by atoms with Gasteiger partial charge >= 0.3 is 11.9 Å². The molecule has 0 radical (unpaired) electrons. The maximum absolute atomic E-state index is 12.5. The van der Waals surface area contributed by atoms with Gasteiger partial charge in [0.25, 0.3) is 0 Å². The second-order valence-corrected chi connectivity index (χ2v) is 5.56. The zero-order valence-electron chi connectivity index (χ0n) is 15.0. The maximum atomic E-state index is 12.5. The Morgan fingerprint density at radius 1 is 1.04 bits per heavy atom. The van der Waals surface area contributed by atoms with E-state index in [0.29, 0.717) is 0 Å². The number of esters is 1. The van der Waals surface area contributed by atoms with Gasteiger partial charge in [0.15, 0.2) is 17.5 Å². The number of para-hydroxylation sites is 3. The average Bonchev–Trinajstić information content (AvgIpc) is 3.16. The van der Waals surface area contributed by atoms with E-state index in [4.69, 9.17) is 4.74 Å². The van der Waals surface area contributed by atoms with Crippen molar-refractivity contribution < 1.29 is 29.6 Å². The van der Waals surface area contributed by atoms with Crippen LogP contribution in [0, 0.1) is 0 Å². The van der Waals surface area contributed by atoms with Crippen LogP contribution in [0.25, 0.3) is 0 Å². The summed E-state index contributed by atoms with van der Waals surface area (Å²) in [7, 11) is 0. The number of amidine groups is 1. The number of rotatable bonds is 5. The van der Waals surface area contributed by atoms with Crippen molar-refractivity contribution in [2.45, 2.75) is 6.04 Å². The lowest BCUT2D eigenvalue weighted by molar-refractivity contribution is -0.142. The van der Waals surface area contributed by atoms with Gasteiger partial charge in [0, 0.05) is 12.1 Å². The van der Waals surface area contributed by atoms with Crippen molar-refractivity contribution in [1.82, 2.24) is 4.90 Å². The fourth-order valence-corrected chi connectivity index (χ4v) is 2.74. The van der Waals surface area contributed by atoms with Gasteiger partial charge in [0.05, 0.1) is 6.54 Å². The Kier molecular flexibility index (Phi) is 6.75. The Morgan fingerprint density at radius 3 is 2.25 bits per heavy atom. The number of benzene rings is 2. The van der Waals surface area contributed by atoms with Crippen LogP contribution in [0.4, 0.5) is 0 Å². The van der Waals surface area contributed by atoms with Gasteiger partial charge in [-0.15, -0.1) is 13.2 Å². The predicted octanol–water partition coefficient (Wildman–Crippen LogP) is 2.35. The third-order valence-electron chi connectivity index (χ3n) is 3.90. The van der Waals surface area contributed by atoms with Crippen LogP contribution >= 0.6 is 0 Å². The third kappa shape index (κ3) is 4.29. The van der Waals surface area contributed by atoms with Gasteiger partial charge in [-0.2, -0.15) is 0 Å². The van der Waals surface area contributed by atoms with Crippen LogP contribution in [-0.2, 0) is 9.59 Å². The molecule has 1 unspecified atom stereocenters. The molecule has 1 heterocycles. The van der Waals surface area contributed by atoms with E-state index in [1.165, 1.54) is 29.2 Å². The lowest BCUT2D eigenvalue weighted by Crippen LogP contribution is -2.42. The highest BCUT2D eigenvalue weighted by Crippen LogP contribution is 2.31. The first-order valence-electron chi connectivity index (χ1n) is 8.31. The Bertz CT molecular complexity index is 896. The molecule has 0 bridgehead atoms. The minimum absolute atomic E-state index is 0.0542. The molecule has 2 aromatic rings. The summed E-state index contributed by atoms with van der Waals surface area (Å²) in [5.41, 5.74) is 0.143. The Morgan fingerprint density at radius 2 is 1.64 bits per heavy atom. The standard InChI is InChI=1S/C18H16N2O6.C2H4/c21-12-6-2-1-5-11(12)15(17(23)24)20-10-9-19-16(20)18(25)26-14-8-4-3-7-13(14)22;1-2/h1-8,15,21-22H,9-10H2,(H,23,24);1-2H2. The van der Waals surface area contributed by atoms with E-state index in [2.05, 4.69) is 18.2 Å². The highest BCUT2D eigenvalue weighted by atomic mass is 16.5. The largest absolute Gasteiger partial charge is 0.508 e. The molecule has 0 saturated carbocycles. The number of aliphatic imine (C=N–C) groups is 1. The summed E-state index contributed by atoms with van der Waals surface area (Å²) in [5, 5.41) is 29.4. The van der Waals surface area contributed by atoms with Gasteiger partial charge in [0.2, 0.25) is 5.84 Å². The molecule has 8 heteroatoms. The van der Waals surface area contributed by atoms with Crippen LogP contribution in [0.1, 0.15) is 11.6 Å². The highest BCUT2D eigenvalue weighted by molar-refractivity contribution is 6.36. The summed E-state index contributed by atoms with van der Waals surface area (Å²) in [6.45, 7) is 6.39. The molecule has 3 rings (SSSR count). The van der Waals surface area contributed by atoms with E-state index in [-0.39, 0.29) is 41.7 Å². The molecule has 0 fully saturated rings. The van der Waals surface area contributed by atoms with Crippen molar-refractivity contribution in [1.29, 1.82) is 0 Å². The molecule has 3 N–H and O–H groups in total. The number of nitrogens with zero attached hydrogens (tertiary/aromatic N) is 2. The normalized spacial score (nSPS) is 13.7. The second kappa shape index (κ2) is 9.22. The van der Waals surface area contributed by atoms with Gasteiger partial charge in [0.1, 0.15) is 5.75 Å². The molecular formula is C20H20N2O6. The quantitative estimate of drug-likeness (QED) is 0.411. The van der Waals surface area contributed by atoms with Crippen molar-refractivity contribution in [3.63, 3.8) is 0 Å². The average molecular weight is 384 g/mol. The van der Waals surface area contributed by atoms with Gasteiger partial charge in [-0.3, -0.25) is 4.99 Å². The van der Waals surface area contributed by atoms with E-state index in [1.807, 2.05) is 0 Å². The molecule has 0 saturated heterocycles. The Hall–Kier alpha value is -3.81. The number of hydrogen-bond donors (Lipinski definition) is 3. The lowest BCUT2D eigenvalue weighted by atomic mass is 10.0. The number of aromatic hydroxyl groups is 2. The number of phenolic OH excluding ortho intramolecular Hbond substituents is 2. The fraction of sp³-hybridized carbons (Fsp3) is 0.150. The first kappa shape index (κ1) is 20.5. The van der Waals surface area contributed by atoms with E-state index in [9.17, 15) is 24.9 Å². The fourth-order valence-electron chi connectivity index (χ4n) is 2.74. The molecule has 0 amide bonds. The number of carbonyl (C=O) groups excluding carboxylic acids is 1. The molecule has 1 atom stereocenters. The van der Waals surface area contributed by atoms with Crippen LogP contribution in [-0.4, -0.2) is 51.1 Å². The summed E-state index contributed by atoms with van der Waals surface area (Å²) in [6.07, 6.45) is 0. The third-order valence-corrected chi connectivity index (χ3v) is 3.90. The van der Waals surface area contributed by atoms with Crippen LogP contribution < -0.4 is 4.74 Å². The highest BCUT2D eigenvalue weighted by Gasteiger charge is 2.37. The molecule has 146 valence electrons.